The van der Waals surface area contributed by atoms with Gasteiger partial charge in [-0.2, -0.15) is 0 Å². The van der Waals surface area contributed by atoms with Gasteiger partial charge in [0.15, 0.2) is 6.10 Å². The number of hydrogen-bond acceptors (Lipinski definition) is 5. The molecule has 1 aromatic rings. The summed E-state index contributed by atoms with van der Waals surface area (Å²) >= 11 is 0. The lowest BCUT2D eigenvalue weighted by Gasteiger charge is -2.47. The van der Waals surface area contributed by atoms with E-state index < -0.39 is 11.7 Å². The van der Waals surface area contributed by atoms with E-state index in [0.717, 1.165) is 18.4 Å². The number of hydrogen-bond donors (Lipinski definition) is 0. The minimum atomic E-state index is -0.528. The van der Waals surface area contributed by atoms with Gasteiger partial charge in [-0.15, -0.1) is 0 Å². The molecule has 5 nitrogen and oxygen atoms in total. The Morgan fingerprint density at radius 2 is 2.10 bits per heavy atom. The maximum atomic E-state index is 12.2. The summed E-state index contributed by atoms with van der Waals surface area (Å²) in [7, 11) is 0. The van der Waals surface area contributed by atoms with Crippen LogP contribution in [-0.4, -0.2) is 29.4 Å². The molecule has 1 aromatic heterocycles. The third-order valence-corrected chi connectivity index (χ3v) is 5.94. The van der Waals surface area contributed by atoms with Gasteiger partial charge in [0.05, 0.1) is 18.6 Å². The van der Waals surface area contributed by atoms with Gasteiger partial charge in [0.1, 0.15) is 17.3 Å². The maximum absolute atomic E-state index is 12.2. The largest absolute Gasteiger partial charge is 0.472 e. The molecule has 1 aliphatic carbocycles. The van der Waals surface area contributed by atoms with Gasteiger partial charge in [-0.05, 0) is 25.8 Å². The van der Waals surface area contributed by atoms with Gasteiger partial charge in [0, 0.05) is 11.0 Å². The highest BCUT2D eigenvalue weighted by Gasteiger charge is 2.90. The molecular formula is C15H16O5. The van der Waals surface area contributed by atoms with Crippen LogP contribution in [0.1, 0.15) is 38.4 Å². The van der Waals surface area contributed by atoms with E-state index >= 15 is 0 Å². The standard InChI is InChI=1S/C15H16O5/c1-13-5-3-9-14(2,19-9)15(13)11(20-15)12(16)18-10(13)8-4-6-17-7-8/h4,6-7,9-11H,3,5H2,1-2H3. The molecule has 0 bridgehead atoms. The van der Waals surface area contributed by atoms with Gasteiger partial charge in [0.2, 0.25) is 0 Å². The van der Waals surface area contributed by atoms with Crippen molar-refractivity contribution >= 4 is 5.97 Å². The molecule has 4 heterocycles. The number of ether oxygens (including phenoxy) is 3. The Morgan fingerprint density at radius 1 is 1.25 bits per heavy atom. The molecule has 4 aliphatic rings. The fourth-order valence-corrected chi connectivity index (χ4v) is 4.78. The molecule has 5 heteroatoms. The smallest absolute Gasteiger partial charge is 0.339 e. The second-order valence-corrected chi connectivity index (χ2v) is 6.78. The van der Waals surface area contributed by atoms with Gasteiger partial charge in [0.25, 0.3) is 0 Å². The second-order valence-electron chi connectivity index (χ2n) is 6.78. The van der Waals surface area contributed by atoms with Crippen LogP contribution in [0.15, 0.2) is 23.0 Å². The van der Waals surface area contributed by atoms with E-state index in [1.165, 1.54) is 0 Å². The highest BCUT2D eigenvalue weighted by Crippen LogP contribution is 2.75. The molecule has 20 heavy (non-hydrogen) atoms. The summed E-state index contributed by atoms with van der Waals surface area (Å²) in [5, 5.41) is 0. The Kier molecular flexibility index (Phi) is 1.68. The van der Waals surface area contributed by atoms with Crippen LogP contribution in [0.25, 0.3) is 0 Å². The Balaban J connectivity index is 1.68. The van der Waals surface area contributed by atoms with Crippen molar-refractivity contribution in [2.75, 3.05) is 0 Å². The summed E-state index contributed by atoms with van der Waals surface area (Å²) < 4.78 is 22.7. The average molecular weight is 276 g/mol. The molecule has 0 aromatic carbocycles. The number of rotatable bonds is 1. The molecule has 6 atom stereocenters. The zero-order valence-electron chi connectivity index (χ0n) is 11.4. The Morgan fingerprint density at radius 3 is 2.85 bits per heavy atom. The summed E-state index contributed by atoms with van der Waals surface area (Å²) in [5.74, 6) is -0.272. The van der Waals surface area contributed by atoms with Crippen LogP contribution in [0.3, 0.4) is 0 Å². The van der Waals surface area contributed by atoms with Crippen molar-refractivity contribution in [2.45, 2.75) is 56.2 Å². The molecule has 5 rings (SSSR count). The van der Waals surface area contributed by atoms with Crippen LogP contribution in [0, 0.1) is 5.41 Å². The number of furan rings is 1. The molecule has 0 amide bonds. The van der Waals surface area contributed by atoms with Crippen LogP contribution < -0.4 is 0 Å². The summed E-state index contributed by atoms with van der Waals surface area (Å²) in [4.78, 5) is 12.2. The maximum Gasteiger partial charge on any atom is 0.339 e. The topological polar surface area (TPSA) is 64.5 Å². The molecule has 106 valence electrons. The number of cyclic esters (lactones) is 1. The monoisotopic (exact) mass is 276 g/mol. The second kappa shape index (κ2) is 2.97. The van der Waals surface area contributed by atoms with Crippen LogP contribution in [0.5, 0.6) is 0 Å². The van der Waals surface area contributed by atoms with Crippen LogP contribution in [-0.2, 0) is 19.0 Å². The molecule has 1 saturated carbocycles. The Hall–Kier alpha value is -1.33. The Bertz CT molecular complexity index is 610. The first kappa shape index (κ1) is 11.3. The quantitative estimate of drug-likeness (QED) is 0.579. The summed E-state index contributed by atoms with van der Waals surface area (Å²) in [6, 6.07) is 1.86. The molecule has 3 saturated heterocycles. The summed E-state index contributed by atoms with van der Waals surface area (Å²) in [5.41, 5.74) is -0.236. The van der Waals surface area contributed by atoms with E-state index in [9.17, 15) is 4.79 Å². The van der Waals surface area contributed by atoms with E-state index in [2.05, 4.69) is 13.8 Å². The highest BCUT2D eigenvalue weighted by molar-refractivity contribution is 5.83. The van der Waals surface area contributed by atoms with Crippen molar-refractivity contribution in [3.8, 4) is 0 Å². The zero-order chi connectivity index (χ0) is 13.8. The van der Waals surface area contributed by atoms with Crippen molar-refractivity contribution in [3.05, 3.63) is 24.2 Å². The molecule has 0 N–H and O–H groups in total. The number of esters is 1. The Labute approximate surface area is 116 Å². The first-order valence-corrected chi connectivity index (χ1v) is 7.11. The predicted octanol–water partition coefficient (Wildman–Crippen LogP) is 1.97. The number of fused-ring (bicyclic) bond motifs is 1. The SMILES string of the molecule is CC12CCC3OC3(C)C13OC3C(=O)OC2c1ccoc1. The van der Waals surface area contributed by atoms with Gasteiger partial charge in [-0.25, -0.2) is 4.79 Å². The van der Waals surface area contributed by atoms with E-state index in [-0.39, 0.29) is 29.2 Å². The van der Waals surface area contributed by atoms with E-state index in [0.29, 0.717) is 0 Å². The molecule has 6 unspecified atom stereocenters. The van der Waals surface area contributed by atoms with E-state index in [4.69, 9.17) is 18.6 Å². The molecule has 1 spiro atoms. The summed E-state index contributed by atoms with van der Waals surface area (Å²) in [6.07, 6.45) is 4.60. The minimum Gasteiger partial charge on any atom is -0.472 e. The normalized spacial score (nSPS) is 55.3. The van der Waals surface area contributed by atoms with Crippen molar-refractivity contribution in [1.29, 1.82) is 0 Å². The van der Waals surface area contributed by atoms with Crippen LogP contribution >= 0.6 is 0 Å². The zero-order valence-corrected chi connectivity index (χ0v) is 11.4. The molecule has 0 radical (unpaired) electrons. The molecule has 4 fully saturated rings. The van der Waals surface area contributed by atoms with E-state index in [1.54, 1.807) is 12.5 Å². The van der Waals surface area contributed by atoms with Gasteiger partial charge in [-0.1, -0.05) is 6.92 Å². The number of epoxide rings is 2. The first-order valence-electron chi connectivity index (χ1n) is 7.11. The van der Waals surface area contributed by atoms with Gasteiger partial charge < -0.3 is 18.6 Å². The minimum absolute atomic E-state index is 0.219. The predicted molar refractivity (Wildman–Crippen MR) is 65.8 cm³/mol. The van der Waals surface area contributed by atoms with Crippen LogP contribution in [0.2, 0.25) is 0 Å². The average Bonchev–Trinajstić information content (AvgIpc) is 3.26. The fraction of sp³-hybridized carbons (Fsp3) is 0.667. The van der Waals surface area contributed by atoms with Crippen molar-refractivity contribution in [1.82, 2.24) is 0 Å². The lowest BCUT2D eigenvalue weighted by Crippen LogP contribution is -2.59. The van der Waals surface area contributed by atoms with E-state index in [1.807, 2.05) is 6.07 Å². The van der Waals surface area contributed by atoms with Crippen LogP contribution in [0.4, 0.5) is 0 Å². The highest BCUT2D eigenvalue weighted by atomic mass is 16.7. The third kappa shape index (κ3) is 0.949. The van der Waals surface area contributed by atoms with Crippen molar-refractivity contribution in [2.24, 2.45) is 5.41 Å². The molecular weight excluding hydrogens is 260 g/mol. The first-order chi connectivity index (χ1) is 9.53. The third-order valence-electron chi connectivity index (χ3n) is 5.94. The lowest BCUT2D eigenvalue weighted by molar-refractivity contribution is -0.171. The summed E-state index contributed by atoms with van der Waals surface area (Å²) in [6.45, 7) is 4.22. The fourth-order valence-electron chi connectivity index (χ4n) is 4.78. The van der Waals surface area contributed by atoms with Crippen molar-refractivity contribution in [3.63, 3.8) is 0 Å². The number of carbonyl (C=O) groups excluding carboxylic acids is 1. The van der Waals surface area contributed by atoms with Gasteiger partial charge >= 0.3 is 5.97 Å². The van der Waals surface area contributed by atoms with Crippen molar-refractivity contribution < 1.29 is 23.4 Å². The lowest BCUT2D eigenvalue weighted by atomic mass is 9.56. The van der Waals surface area contributed by atoms with Gasteiger partial charge in [-0.3, -0.25) is 0 Å². The number of carbonyl (C=O) groups is 1. The molecule has 3 aliphatic heterocycles.